The van der Waals surface area contributed by atoms with Gasteiger partial charge in [-0.2, -0.15) is 13.2 Å². The van der Waals surface area contributed by atoms with Crippen molar-refractivity contribution < 1.29 is 31.1 Å². The molecule has 2 aromatic rings. The predicted molar refractivity (Wildman–Crippen MR) is 140 cm³/mol. The summed E-state index contributed by atoms with van der Waals surface area (Å²) < 4.78 is 75.1. The molecular weight excluding hydrogens is 519 g/mol. The highest BCUT2D eigenvalue weighted by Crippen LogP contribution is 2.37. The first-order valence-electron chi connectivity index (χ1n) is 13.0. The summed E-state index contributed by atoms with van der Waals surface area (Å²) in [6.07, 6.45) is 1.88. The highest BCUT2D eigenvalue weighted by molar-refractivity contribution is 7.89. The molecule has 1 heterocycles. The molecule has 2 aromatic carbocycles. The standard InChI is InChI=1S/C27H34F3N3O4S/c1-18-8-4-5-9-21(18)32-38(35,36)25-16-19(10-13-24(25)37-2)26(34)31-22-17-20(27(28,29)30)11-12-23(22)33-14-6-3-7-15-33/h10-13,16-18,21,32H,3-9,14-15H2,1-2H3,(H,31,34)/t18-,21-/m1/s1. The molecule has 0 bridgehead atoms. The molecule has 2 atom stereocenters. The normalized spacial score (nSPS) is 20.7. The van der Waals surface area contributed by atoms with Crippen molar-refractivity contribution in [2.75, 3.05) is 30.4 Å². The second-order valence-corrected chi connectivity index (χ2v) is 11.8. The van der Waals surface area contributed by atoms with Crippen molar-refractivity contribution in [2.45, 2.75) is 69.0 Å². The van der Waals surface area contributed by atoms with Gasteiger partial charge in [-0.1, -0.05) is 19.8 Å². The Labute approximate surface area is 221 Å². The summed E-state index contributed by atoms with van der Waals surface area (Å²) >= 11 is 0. The van der Waals surface area contributed by atoms with Gasteiger partial charge in [0.2, 0.25) is 10.0 Å². The highest BCUT2D eigenvalue weighted by atomic mass is 32.2. The summed E-state index contributed by atoms with van der Waals surface area (Å²) in [5.41, 5.74) is -0.358. The van der Waals surface area contributed by atoms with Crippen LogP contribution in [0.25, 0.3) is 0 Å². The van der Waals surface area contributed by atoms with Gasteiger partial charge in [-0.3, -0.25) is 4.79 Å². The number of sulfonamides is 1. The van der Waals surface area contributed by atoms with Crippen molar-refractivity contribution >= 4 is 27.3 Å². The second-order valence-electron chi connectivity index (χ2n) is 10.1. The molecule has 2 fully saturated rings. The molecule has 2 aliphatic rings. The van der Waals surface area contributed by atoms with Crippen molar-refractivity contribution in [1.82, 2.24) is 4.72 Å². The third-order valence-corrected chi connectivity index (χ3v) is 8.91. The van der Waals surface area contributed by atoms with Crippen molar-refractivity contribution in [3.63, 3.8) is 0 Å². The molecule has 1 aliphatic heterocycles. The zero-order valence-corrected chi connectivity index (χ0v) is 22.4. The molecule has 2 N–H and O–H groups in total. The van der Waals surface area contributed by atoms with Gasteiger partial charge in [0, 0.05) is 24.7 Å². The van der Waals surface area contributed by atoms with Gasteiger partial charge < -0.3 is 15.0 Å². The van der Waals surface area contributed by atoms with E-state index < -0.39 is 27.7 Å². The number of halogens is 3. The molecule has 0 radical (unpaired) electrons. The molecule has 1 amide bonds. The summed E-state index contributed by atoms with van der Waals surface area (Å²) in [6, 6.07) is 7.06. The van der Waals surface area contributed by atoms with E-state index in [0.29, 0.717) is 18.8 Å². The zero-order chi connectivity index (χ0) is 27.5. The van der Waals surface area contributed by atoms with E-state index in [4.69, 9.17) is 4.74 Å². The van der Waals surface area contributed by atoms with E-state index in [-0.39, 0.29) is 33.9 Å². The lowest BCUT2D eigenvalue weighted by Gasteiger charge is -2.31. The minimum atomic E-state index is -4.58. The lowest BCUT2D eigenvalue weighted by molar-refractivity contribution is -0.137. The van der Waals surface area contributed by atoms with Crippen LogP contribution < -0.4 is 19.7 Å². The van der Waals surface area contributed by atoms with Crippen LogP contribution in [0.15, 0.2) is 41.3 Å². The van der Waals surface area contributed by atoms with Crippen LogP contribution in [0.5, 0.6) is 5.75 Å². The van der Waals surface area contributed by atoms with Crippen LogP contribution >= 0.6 is 0 Å². The summed E-state index contributed by atoms with van der Waals surface area (Å²) in [4.78, 5) is 15.0. The molecule has 208 valence electrons. The maximum atomic E-state index is 13.5. The topological polar surface area (TPSA) is 87.7 Å². The number of alkyl halides is 3. The van der Waals surface area contributed by atoms with Crippen LogP contribution in [0.1, 0.15) is 67.8 Å². The highest BCUT2D eigenvalue weighted by Gasteiger charge is 2.32. The van der Waals surface area contributed by atoms with Gasteiger partial charge in [0.15, 0.2) is 0 Å². The first-order chi connectivity index (χ1) is 18.0. The van der Waals surface area contributed by atoms with Crippen LogP contribution in [0.2, 0.25) is 0 Å². The van der Waals surface area contributed by atoms with E-state index in [0.717, 1.165) is 57.1 Å². The van der Waals surface area contributed by atoms with Gasteiger partial charge in [0.1, 0.15) is 10.6 Å². The fraction of sp³-hybridized carbons (Fsp3) is 0.519. The number of rotatable bonds is 7. The Balaban J connectivity index is 1.64. The third kappa shape index (κ3) is 6.43. The number of piperidine rings is 1. The SMILES string of the molecule is COc1ccc(C(=O)Nc2cc(C(F)(F)F)ccc2N2CCCCC2)cc1S(=O)(=O)N[C@@H]1CCCC[C@H]1C. The Morgan fingerprint density at radius 3 is 2.37 bits per heavy atom. The molecule has 4 rings (SSSR count). The molecule has 1 aliphatic carbocycles. The minimum Gasteiger partial charge on any atom is -0.495 e. The largest absolute Gasteiger partial charge is 0.495 e. The molecule has 11 heteroatoms. The fourth-order valence-electron chi connectivity index (χ4n) is 5.20. The lowest BCUT2D eigenvalue weighted by atomic mass is 9.87. The molecule has 1 saturated carbocycles. The number of methoxy groups -OCH3 is 1. The number of hydrogen-bond donors (Lipinski definition) is 2. The van der Waals surface area contributed by atoms with E-state index >= 15 is 0 Å². The zero-order valence-electron chi connectivity index (χ0n) is 21.6. The quantitative estimate of drug-likeness (QED) is 0.452. The second kappa shape index (κ2) is 11.5. The maximum absolute atomic E-state index is 13.5. The van der Waals surface area contributed by atoms with Gasteiger partial charge in [0.25, 0.3) is 5.91 Å². The summed E-state index contributed by atoms with van der Waals surface area (Å²) in [7, 11) is -2.69. The van der Waals surface area contributed by atoms with Gasteiger partial charge in [-0.15, -0.1) is 0 Å². The van der Waals surface area contributed by atoms with Gasteiger partial charge in [-0.05, 0) is 74.4 Å². The third-order valence-electron chi connectivity index (χ3n) is 7.40. The van der Waals surface area contributed by atoms with Crippen LogP contribution in [-0.4, -0.2) is 40.6 Å². The smallest absolute Gasteiger partial charge is 0.416 e. The monoisotopic (exact) mass is 553 g/mol. The van der Waals surface area contributed by atoms with Crippen LogP contribution in [0.4, 0.5) is 24.5 Å². The number of amides is 1. The summed E-state index contributed by atoms with van der Waals surface area (Å²) in [5.74, 6) is -0.469. The van der Waals surface area contributed by atoms with Crippen LogP contribution in [0.3, 0.4) is 0 Å². The molecule has 0 spiro atoms. The van der Waals surface area contributed by atoms with Crippen molar-refractivity contribution in [1.29, 1.82) is 0 Å². The van der Waals surface area contributed by atoms with Crippen LogP contribution in [0, 0.1) is 5.92 Å². The number of anilines is 2. The Kier molecular flexibility index (Phi) is 8.56. The molecule has 1 saturated heterocycles. The molecule has 0 aromatic heterocycles. The van der Waals surface area contributed by atoms with E-state index in [9.17, 15) is 26.4 Å². The first kappa shape index (κ1) is 28.2. The average molecular weight is 554 g/mol. The van der Waals surface area contributed by atoms with Gasteiger partial charge in [-0.25, -0.2) is 13.1 Å². The van der Waals surface area contributed by atoms with E-state index in [1.165, 1.54) is 31.4 Å². The van der Waals surface area contributed by atoms with Crippen molar-refractivity contribution in [3.8, 4) is 5.75 Å². The van der Waals surface area contributed by atoms with Crippen LogP contribution in [-0.2, 0) is 16.2 Å². The number of hydrogen-bond acceptors (Lipinski definition) is 5. The number of carbonyl (C=O) groups excluding carboxylic acids is 1. The lowest BCUT2D eigenvalue weighted by Crippen LogP contribution is -2.41. The minimum absolute atomic E-state index is 0.00938. The van der Waals surface area contributed by atoms with E-state index in [1.54, 1.807) is 0 Å². The first-order valence-corrected chi connectivity index (χ1v) is 14.5. The Morgan fingerprint density at radius 2 is 1.71 bits per heavy atom. The number of nitrogens with zero attached hydrogens (tertiary/aromatic N) is 1. The number of carbonyl (C=O) groups is 1. The molecule has 0 unspecified atom stereocenters. The predicted octanol–water partition coefficient (Wildman–Crippen LogP) is 5.81. The van der Waals surface area contributed by atoms with Crippen molar-refractivity contribution in [3.05, 3.63) is 47.5 Å². The molecule has 7 nitrogen and oxygen atoms in total. The molecule has 38 heavy (non-hydrogen) atoms. The summed E-state index contributed by atoms with van der Waals surface area (Å²) in [5, 5.41) is 2.60. The average Bonchev–Trinajstić information content (AvgIpc) is 2.89. The van der Waals surface area contributed by atoms with Gasteiger partial charge in [0.05, 0.1) is 24.0 Å². The maximum Gasteiger partial charge on any atom is 0.416 e. The molecular formula is C27H34F3N3O4S. The van der Waals surface area contributed by atoms with Crippen molar-refractivity contribution in [2.24, 2.45) is 5.92 Å². The number of nitrogens with one attached hydrogen (secondary N) is 2. The number of ether oxygens (including phenoxy) is 1. The fourth-order valence-corrected chi connectivity index (χ4v) is 6.77. The Hall–Kier alpha value is -2.79. The Bertz CT molecular complexity index is 1260. The van der Waals surface area contributed by atoms with E-state index in [1.807, 2.05) is 11.8 Å². The van der Waals surface area contributed by atoms with E-state index in [2.05, 4.69) is 10.0 Å². The Morgan fingerprint density at radius 1 is 1.00 bits per heavy atom. The summed E-state index contributed by atoms with van der Waals surface area (Å²) in [6.45, 7) is 3.34. The van der Waals surface area contributed by atoms with Gasteiger partial charge >= 0.3 is 6.18 Å². The number of benzene rings is 2.